The van der Waals surface area contributed by atoms with Crippen molar-refractivity contribution in [3.8, 4) is 0 Å². The summed E-state index contributed by atoms with van der Waals surface area (Å²) in [6.45, 7) is 1.78. The van der Waals surface area contributed by atoms with Crippen LogP contribution < -0.4 is 5.32 Å². The van der Waals surface area contributed by atoms with E-state index in [0.29, 0.717) is 44.7 Å². The molecule has 4 aliphatic rings. The number of hydrogen-bond donors (Lipinski definition) is 1. The molecule has 158 valence electrons. The average Bonchev–Trinajstić information content (AvgIpc) is 3.16. The first-order valence-electron chi connectivity index (χ1n) is 10.4. The molecule has 0 spiro atoms. The van der Waals surface area contributed by atoms with Crippen LogP contribution in [0.2, 0.25) is 0 Å². The number of nitrogens with zero attached hydrogens (tertiary/aromatic N) is 4. The zero-order valence-electron chi connectivity index (χ0n) is 16.6. The predicted octanol–water partition coefficient (Wildman–Crippen LogP) is -0.0717. The van der Waals surface area contributed by atoms with Gasteiger partial charge in [0.2, 0.25) is 11.8 Å². The molecule has 29 heavy (non-hydrogen) atoms. The number of rotatable bonds is 3. The quantitative estimate of drug-likeness (QED) is 0.519. The molecule has 3 heterocycles. The summed E-state index contributed by atoms with van der Waals surface area (Å²) in [7, 11) is 1.66. The number of carbonyl (C=O) groups excluding carboxylic acids is 3. The van der Waals surface area contributed by atoms with Gasteiger partial charge in [0.25, 0.3) is 0 Å². The molecule has 3 unspecified atom stereocenters. The van der Waals surface area contributed by atoms with Crippen LogP contribution in [0.4, 0.5) is 0 Å². The topological polar surface area (TPSA) is 116 Å². The lowest BCUT2D eigenvalue weighted by molar-refractivity contribution is -0.424. The Morgan fingerprint density at radius 3 is 2.41 bits per heavy atom. The smallest absolute Gasteiger partial charge is 0.352 e. The monoisotopic (exact) mass is 405 g/mol. The second-order valence-electron chi connectivity index (χ2n) is 8.34. The van der Waals surface area contributed by atoms with Gasteiger partial charge in [0.05, 0.1) is 4.92 Å². The average molecular weight is 405 g/mol. The summed E-state index contributed by atoms with van der Waals surface area (Å²) < 4.78 is 0. The molecule has 1 N–H and O–H groups in total. The van der Waals surface area contributed by atoms with Crippen LogP contribution in [0.15, 0.2) is 11.4 Å². The molecule has 0 radical (unpaired) electrons. The van der Waals surface area contributed by atoms with Crippen LogP contribution in [-0.4, -0.2) is 82.7 Å². The van der Waals surface area contributed by atoms with E-state index in [2.05, 4.69) is 5.32 Å². The zero-order valence-corrected chi connectivity index (χ0v) is 16.6. The van der Waals surface area contributed by atoms with Gasteiger partial charge in [-0.15, -0.1) is 0 Å². The first-order valence-corrected chi connectivity index (χ1v) is 10.4. The highest BCUT2D eigenvalue weighted by Gasteiger charge is 2.48. The van der Waals surface area contributed by atoms with Gasteiger partial charge in [-0.3, -0.25) is 24.5 Å². The fraction of sp³-hybridized carbons (Fsp3) is 0.737. The van der Waals surface area contributed by atoms with E-state index in [-0.39, 0.29) is 29.5 Å². The minimum absolute atomic E-state index is 0.00307. The minimum Gasteiger partial charge on any atom is -0.365 e. The molecule has 0 aromatic heterocycles. The Hall–Kier alpha value is -2.65. The number of nitro groups is 1. The molecule has 0 bridgehead atoms. The molecule has 3 atom stereocenters. The van der Waals surface area contributed by atoms with Crippen LogP contribution in [0.1, 0.15) is 38.5 Å². The van der Waals surface area contributed by atoms with Crippen molar-refractivity contribution in [3.63, 3.8) is 0 Å². The van der Waals surface area contributed by atoms with Crippen molar-refractivity contribution in [1.82, 2.24) is 20.0 Å². The Morgan fingerprint density at radius 1 is 1.10 bits per heavy atom. The highest BCUT2D eigenvalue weighted by Crippen LogP contribution is 2.40. The number of carbonyl (C=O) groups is 3. The zero-order chi connectivity index (χ0) is 20.7. The highest BCUT2D eigenvalue weighted by atomic mass is 16.6. The molecular formula is C19H27N5O5. The predicted molar refractivity (Wildman–Crippen MR) is 102 cm³/mol. The summed E-state index contributed by atoms with van der Waals surface area (Å²) in [6, 6.07) is -0.460. The molecule has 10 heteroatoms. The Bertz CT molecular complexity index is 773. The summed E-state index contributed by atoms with van der Waals surface area (Å²) in [5.74, 6) is -0.728. The van der Waals surface area contributed by atoms with Crippen molar-refractivity contribution >= 4 is 17.7 Å². The fourth-order valence-corrected chi connectivity index (χ4v) is 5.24. The number of hydrogen-bond acceptors (Lipinski definition) is 6. The third kappa shape index (κ3) is 3.44. The van der Waals surface area contributed by atoms with Crippen LogP contribution >= 0.6 is 0 Å². The molecule has 1 saturated carbocycles. The van der Waals surface area contributed by atoms with E-state index in [9.17, 15) is 24.5 Å². The van der Waals surface area contributed by atoms with Crippen molar-refractivity contribution in [3.05, 3.63) is 21.5 Å². The summed E-state index contributed by atoms with van der Waals surface area (Å²) in [5.41, 5.74) is 0.252. The Morgan fingerprint density at radius 2 is 1.79 bits per heavy atom. The van der Waals surface area contributed by atoms with Gasteiger partial charge in [0.15, 0.2) is 0 Å². The van der Waals surface area contributed by atoms with Gasteiger partial charge in [0, 0.05) is 51.6 Å². The fourth-order valence-electron chi connectivity index (χ4n) is 5.24. The first-order chi connectivity index (χ1) is 13.9. The summed E-state index contributed by atoms with van der Waals surface area (Å²) in [4.78, 5) is 53.2. The lowest BCUT2D eigenvalue weighted by Crippen LogP contribution is -2.57. The van der Waals surface area contributed by atoms with Gasteiger partial charge >= 0.3 is 11.6 Å². The lowest BCUT2D eigenvalue weighted by atomic mass is 9.78. The molecule has 10 nitrogen and oxygen atoms in total. The minimum atomic E-state index is -0.537. The van der Waals surface area contributed by atoms with Crippen LogP contribution in [0.5, 0.6) is 0 Å². The molecule has 3 fully saturated rings. The molecule has 2 saturated heterocycles. The third-order valence-electron chi connectivity index (χ3n) is 6.75. The molecule has 3 amide bonds. The van der Waals surface area contributed by atoms with E-state index in [0.717, 1.165) is 25.7 Å². The summed E-state index contributed by atoms with van der Waals surface area (Å²) in [5, 5.41) is 14.5. The molecule has 0 aromatic carbocycles. The second-order valence-corrected chi connectivity index (χ2v) is 8.34. The number of fused-ring (bicyclic) bond motifs is 1. The van der Waals surface area contributed by atoms with E-state index >= 15 is 0 Å². The Labute approximate surface area is 169 Å². The Kier molecular flexibility index (Phi) is 5.18. The van der Waals surface area contributed by atoms with Crippen molar-refractivity contribution in [2.24, 2.45) is 5.92 Å². The van der Waals surface area contributed by atoms with Crippen LogP contribution in [0.25, 0.3) is 0 Å². The number of amides is 3. The Balaban J connectivity index is 1.53. The molecule has 4 rings (SSSR count). The van der Waals surface area contributed by atoms with Crippen molar-refractivity contribution in [2.75, 3.05) is 33.2 Å². The molecule has 1 aliphatic carbocycles. The van der Waals surface area contributed by atoms with E-state index in [1.165, 1.54) is 0 Å². The van der Waals surface area contributed by atoms with Gasteiger partial charge in [-0.1, -0.05) is 12.8 Å². The second kappa shape index (κ2) is 7.64. The van der Waals surface area contributed by atoms with Crippen LogP contribution in [0.3, 0.4) is 0 Å². The lowest BCUT2D eigenvalue weighted by Gasteiger charge is -2.46. The maximum atomic E-state index is 12.7. The van der Waals surface area contributed by atoms with Crippen molar-refractivity contribution < 1.29 is 19.3 Å². The maximum absolute atomic E-state index is 12.7. The summed E-state index contributed by atoms with van der Waals surface area (Å²) in [6.07, 6.45) is 4.60. The van der Waals surface area contributed by atoms with E-state index < -0.39 is 16.9 Å². The number of likely N-dealkylation sites (N-methyl/N-ethyl adjacent to an activating group) is 1. The van der Waals surface area contributed by atoms with Crippen LogP contribution in [-0.2, 0) is 14.4 Å². The van der Waals surface area contributed by atoms with E-state index in [1.54, 1.807) is 16.8 Å². The largest absolute Gasteiger partial charge is 0.365 e. The van der Waals surface area contributed by atoms with Gasteiger partial charge in [-0.2, -0.15) is 0 Å². The third-order valence-corrected chi connectivity index (χ3v) is 6.75. The van der Waals surface area contributed by atoms with Gasteiger partial charge in [-0.25, -0.2) is 0 Å². The van der Waals surface area contributed by atoms with Crippen LogP contribution in [0, 0.1) is 16.0 Å². The SMILES string of the molecule is CN1C(=O)C([N+](=O)[O-])=C(N2CCN(C(=O)C3CCC(=O)N3)CC2)C2CCCCC21. The number of nitrogens with one attached hydrogen (secondary N) is 1. The molecule has 3 aliphatic heterocycles. The van der Waals surface area contributed by atoms with Gasteiger partial charge in [-0.05, 0) is 19.3 Å². The van der Waals surface area contributed by atoms with Gasteiger partial charge < -0.3 is 20.0 Å². The first kappa shape index (κ1) is 19.7. The van der Waals surface area contributed by atoms with E-state index in [1.807, 2.05) is 4.90 Å². The highest BCUT2D eigenvalue weighted by molar-refractivity contribution is 5.93. The molecular weight excluding hydrogens is 378 g/mol. The van der Waals surface area contributed by atoms with E-state index in [4.69, 9.17) is 0 Å². The maximum Gasteiger partial charge on any atom is 0.352 e. The number of piperazine rings is 1. The van der Waals surface area contributed by atoms with Crippen molar-refractivity contribution in [2.45, 2.75) is 50.6 Å². The summed E-state index contributed by atoms with van der Waals surface area (Å²) >= 11 is 0. The molecule has 0 aromatic rings. The standard InChI is InChI=1S/C19H27N5O5/c1-21-14-5-3-2-4-12(14)16(17(19(21)27)24(28)29)22-8-10-23(11-9-22)18(26)13-6-7-15(25)20-13/h12-14H,2-11H2,1H3,(H,20,25). The van der Waals surface area contributed by atoms with Gasteiger partial charge in [0.1, 0.15) is 11.7 Å². The van der Waals surface area contributed by atoms with Crippen molar-refractivity contribution in [1.29, 1.82) is 0 Å². The normalized spacial score (nSPS) is 30.4.